The van der Waals surface area contributed by atoms with Gasteiger partial charge < -0.3 is 18.9 Å². The van der Waals surface area contributed by atoms with E-state index in [1.165, 1.54) is 31.6 Å². The van der Waals surface area contributed by atoms with Crippen molar-refractivity contribution in [1.82, 2.24) is 9.78 Å². The van der Waals surface area contributed by atoms with Gasteiger partial charge in [-0.3, -0.25) is 14.4 Å². The van der Waals surface area contributed by atoms with Crippen molar-refractivity contribution in [1.29, 1.82) is 5.26 Å². The summed E-state index contributed by atoms with van der Waals surface area (Å²) in [5.41, 5.74) is 0.239. The maximum Gasteiger partial charge on any atom is 0.303 e. The third-order valence-electron chi connectivity index (χ3n) is 3.44. The van der Waals surface area contributed by atoms with Gasteiger partial charge in [0.05, 0.1) is 6.20 Å². The lowest BCUT2D eigenvalue weighted by molar-refractivity contribution is -0.166. The lowest BCUT2D eigenvalue weighted by Crippen LogP contribution is -2.40. The van der Waals surface area contributed by atoms with Crippen molar-refractivity contribution >= 4 is 33.8 Å². The van der Waals surface area contributed by atoms with E-state index in [1.54, 1.807) is 0 Å². The van der Waals surface area contributed by atoms with Crippen molar-refractivity contribution in [3.05, 3.63) is 16.4 Å². The largest absolute Gasteiger partial charge is 0.463 e. The molecule has 0 N–H and O–H groups in total. The molecule has 1 aromatic heterocycles. The van der Waals surface area contributed by atoms with Crippen LogP contribution in [0.25, 0.3) is 0 Å². The van der Waals surface area contributed by atoms with Crippen LogP contribution in [0.4, 0.5) is 0 Å². The SMILES string of the molecule is CC(=O)OC[C@H]1O[C@@H](n2ncc(C#N)c2Br)[C@H](OC(C)=O)[C@@H]1OC(C)=O. The molecule has 0 amide bonds. The minimum absolute atomic E-state index is 0.217. The van der Waals surface area contributed by atoms with Crippen LogP contribution in [-0.2, 0) is 33.3 Å². The van der Waals surface area contributed by atoms with Crippen LogP contribution in [0.5, 0.6) is 0 Å². The number of halogens is 1. The number of hydrogen-bond donors (Lipinski definition) is 0. The molecule has 26 heavy (non-hydrogen) atoms. The van der Waals surface area contributed by atoms with Crippen LogP contribution in [0.3, 0.4) is 0 Å². The summed E-state index contributed by atoms with van der Waals surface area (Å²) in [6.45, 7) is 3.39. The van der Waals surface area contributed by atoms with Crippen molar-refractivity contribution in [2.75, 3.05) is 6.61 Å². The number of rotatable bonds is 5. The Labute approximate surface area is 157 Å². The smallest absolute Gasteiger partial charge is 0.303 e. The van der Waals surface area contributed by atoms with Gasteiger partial charge >= 0.3 is 17.9 Å². The standard InChI is InChI=1S/C15H16BrN3O7/c1-7(20)23-6-11-12(24-8(2)21)13(25-9(3)22)15(26-11)19-14(16)10(4-17)5-18-19/h5,11-13,15H,6H2,1-3H3/t11-,12-,13-,15-/m1/s1. The first-order valence-electron chi connectivity index (χ1n) is 7.51. The van der Waals surface area contributed by atoms with Crippen molar-refractivity contribution < 1.29 is 33.3 Å². The Balaban J connectivity index is 2.39. The summed E-state index contributed by atoms with van der Waals surface area (Å²) in [7, 11) is 0. The Hall–Kier alpha value is -2.45. The van der Waals surface area contributed by atoms with Crippen LogP contribution < -0.4 is 0 Å². The van der Waals surface area contributed by atoms with Crippen molar-refractivity contribution in [3.63, 3.8) is 0 Å². The molecule has 1 aliphatic rings. The zero-order chi connectivity index (χ0) is 19.4. The molecule has 0 unspecified atom stereocenters. The summed E-state index contributed by atoms with van der Waals surface area (Å²) in [4.78, 5) is 34.1. The molecule has 1 aliphatic heterocycles. The van der Waals surface area contributed by atoms with Gasteiger partial charge in [-0.2, -0.15) is 10.4 Å². The van der Waals surface area contributed by atoms with Gasteiger partial charge in [-0.05, 0) is 15.9 Å². The van der Waals surface area contributed by atoms with Gasteiger partial charge in [0, 0.05) is 20.8 Å². The van der Waals surface area contributed by atoms with Crippen molar-refractivity contribution in [2.45, 2.75) is 45.3 Å². The van der Waals surface area contributed by atoms with E-state index >= 15 is 0 Å². The number of aromatic nitrogens is 2. The van der Waals surface area contributed by atoms with Crippen LogP contribution in [0, 0.1) is 11.3 Å². The third-order valence-corrected chi connectivity index (χ3v) is 4.23. The van der Waals surface area contributed by atoms with Gasteiger partial charge in [0.25, 0.3) is 0 Å². The number of hydrogen-bond acceptors (Lipinski definition) is 9. The second-order valence-electron chi connectivity index (χ2n) is 5.42. The zero-order valence-corrected chi connectivity index (χ0v) is 15.8. The van der Waals surface area contributed by atoms with Crippen molar-refractivity contribution in [2.24, 2.45) is 0 Å². The molecule has 1 aromatic rings. The van der Waals surface area contributed by atoms with E-state index in [4.69, 9.17) is 24.2 Å². The predicted molar refractivity (Wildman–Crippen MR) is 86.3 cm³/mol. The van der Waals surface area contributed by atoms with E-state index in [9.17, 15) is 14.4 Å². The fourth-order valence-electron chi connectivity index (χ4n) is 2.49. The van der Waals surface area contributed by atoms with E-state index < -0.39 is 42.4 Å². The highest BCUT2D eigenvalue weighted by Gasteiger charge is 2.51. The molecule has 2 rings (SSSR count). The molecular weight excluding hydrogens is 414 g/mol. The molecule has 2 heterocycles. The Morgan fingerprint density at radius 1 is 1.23 bits per heavy atom. The van der Waals surface area contributed by atoms with Crippen LogP contribution >= 0.6 is 15.9 Å². The summed E-state index contributed by atoms with van der Waals surface area (Å²) in [5.74, 6) is -1.80. The quantitative estimate of drug-likeness (QED) is 0.493. The lowest BCUT2D eigenvalue weighted by Gasteiger charge is -2.23. The average Bonchev–Trinajstić information content (AvgIpc) is 3.06. The predicted octanol–water partition coefficient (Wildman–Crippen LogP) is 0.841. The first-order valence-corrected chi connectivity index (χ1v) is 8.30. The molecular formula is C15H16BrN3O7. The van der Waals surface area contributed by atoms with Crippen LogP contribution in [-0.4, -0.2) is 52.6 Å². The molecule has 0 spiro atoms. The maximum absolute atomic E-state index is 11.5. The summed E-state index contributed by atoms with van der Waals surface area (Å²) in [6, 6.07) is 1.94. The first kappa shape index (κ1) is 19.9. The lowest BCUT2D eigenvalue weighted by atomic mass is 10.1. The number of esters is 3. The second kappa shape index (κ2) is 8.29. The monoisotopic (exact) mass is 429 g/mol. The molecule has 0 aromatic carbocycles. The Morgan fingerprint density at radius 3 is 2.35 bits per heavy atom. The number of nitrogens with zero attached hydrogens (tertiary/aromatic N) is 3. The van der Waals surface area contributed by atoms with Crippen LogP contribution in [0.1, 0.15) is 32.6 Å². The number of carbonyl (C=O) groups is 3. The maximum atomic E-state index is 11.5. The molecule has 140 valence electrons. The minimum atomic E-state index is -1.06. The first-order chi connectivity index (χ1) is 12.2. The summed E-state index contributed by atoms with van der Waals surface area (Å²) in [6.07, 6.45) is -2.67. The van der Waals surface area contributed by atoms with Gasteiger partial charge in [-0.1, -0.05) is 0 Å². The molecule has 0 saturated carbocycles. The molecule has 0 radical (unpaired) electrons. The highest BCUT2D eigenvalue weighted by Crippen LogP contribution is 2.36. The number of carbonyl (C=O) groups excluding carboxylic acids is 3. The highest BCUT2D eigenvalue weighted by molar-refractivity contribution is 9.10. The molecule has 4 atom stereocenters. The molecule has 1 saturated heterocycles. The minimum Gasteiger partial charge on any atom is -0.463 e. The van der Waals surface area contributed by atoms with E-state index in [1.807, 2.05) is 6.07 Å². The summed E-state index contributed by atoms with van der Waals surface area (Å²) < 4.78 is 22.8. The fourth-order valence-corrected chi connectivity index (χ4v) is 2.97. The van der Waals surface area contributed by atoms with Crippen LogP contribution in [0.2, 0.25) is 0 Å². The third kappa shape index (κ3) is 4.39. The zero-order valence-electron chi connectivity index (χ0n) is 14.2. The topological polar surface area (TPSA) is 130 Å². The number of nitriles is 1. The van der Waals surface area contributed by atoms with E-state index in [0.717, 1.165) is 0 Å². The Kier molecular flexibility index (Phi) is 6.33. The normalized spacial score (nSPS) is 24.6. The molecule has 11 heteroatoms. The van der Waals surface area contributed by atoms with Gasteiger partial charge in [-0.15, -0.1) is 0 Å². The molecule has 0 aliphatic carbocycles. The van der Waals surface area contributed by atoms with E-state index in [0.29, 0.717) is 4.60 Å². The van der Waals surface area contributed by atoms with Gasteiger partial charge in [0.2, 0.25) is 0 Å². The molecule has 1 fully saturated rings. The fraction of sp³-hybridized carbons (Fsp3) is 0.533. The van der Waals surface area contributed by atoms with Gasteiger partial charge in [0.1, 0.15) is 28.9 Å². The van der Waals surface area contributed by atoms with E-state index in [-0.39, 0.29) is 12.2 Å². The van der Waals surface area contributed by atoms with E-state index in [2.05, 4.69) is 21.0 Å². The van der Waals surface area contributed by atoms with Gasteiger partial charge in [-0.25, -0.2) is 4.68 Å². The summed E-state index contributed by atoms with van der Waals surface area (Å²) >= 11 is 3.23. The Bertz CT molecular complexity index is 757. The Morgan fingerprint density at radius 2 is 1.85 bits per heavy atom. The molecule has 10 nitrogen and oxygen atoms in total. The van der Waals surface area contributed by atoms with Crippen LogP contribution in [0.15, 0.2) is 10.8 Å². The summed E-state index contributed by atoms with van der Waals surface area (Å²) in [5, 5.41) is 13.1. The second-order valence-corrected chi connectivity index (χ2v) is 6.17. The van der Waals surface area contributed by atoms with Gasteiger partial charge in [0.15, 0.2) is 18.4 Å². The molecule has 0 bridgehead atoms. The number of ether oxygens (including phenoxy) is 4. The van der Waals surface area contributed by atoms with Crippen molar-refractivity contribution in [3.8, 4) is 6.07 Å². The highest BCUT2D eigenvalue weighted by atomic mass is 79.9. The average molecular weight is 430 g/mol.